The number of benzene rings is 1. The number of anilines is 1. The molecule has 0 saturated heterocycles. The van der Waals surface area contributed by atoms with Crippen LogP contribution >= 0.6 is 0 Å². The van der Waals surface area contributed by atoms with Gasteiger partial charge < -0.3 is 10.6 Å². The Kier molecular flexibility index (Phi) is 4.55. The van der Waals surface area contributed by atoms with Gasteiger partial charge in [0.2, 0.25) is 11.9 Å². The zero-order valence-electron chi connectivity index (χ0n) is 15.2. The van der Waals surface area contributed by atoms with Gasteiger partial charge in [0.1, 0.15) is 0 Å². The quantitative estimate of drug-likeness (QED) is 0.826. The van der Waals surface area contributed by atoms with Crippen molar-refractivity contribution >= 4 is 28.8 Å². The Bertz CT molecular complexity index is 918. The van der Waals surface area contributed by atoms with E-state index in [0.29, 0.717) is 17.9 Å². The van der Waals surface area contributed by atoms with Gasteiger partial charge in [-0.15, -0.1) is 0 Å². The van der Waals surface area contributed by atoms with E-state index in [-0.39, 0.29) is 17.9 Å². The SMILES string of the molecule is O=C(CCC1CCCCC1)N[C@@]1(C(F)(F)F)Nc2nc3ccccc3n2C1=O. The molecular weight excluding hydrogens is 373 g/mol. The van der Waals surface area contributed by atoms with Gasteiger partial charge in [-0.05, 0) is 24.5 Å². The van der Waals surface area contributed by atoms with Gasteiger partial charge in [-0.1, -0.05) is 44.2 Å². The second-order valence-electron chi connectivity index (χ2n) is 7.53. The number of amides is 1. The molecule has 28 heavy (non-hydrogen) atoms. The van der Waals surface area contributed by atoms with Crippen molar-refractivity contribution in [2.75, 3.05) is 5.32 Å². The molecule has 1 fully saturated rings. The Morgan fingerprint density at radius 2 is 1.96 bits per heavy atom. The number of halogens is 3. The van der Waals surface area contributed by atoms with Crippen LogP contribution in [0.4, 0.5) is 19.1 Å². The molecule has 1 saturated carbocycles. The minimum Gasteiger partial charge on any atom is -0.318 e. The summed E-state index contributed by atoms with van der Waals surface area (Å²) in [6, 6.07) is 6.41. The molecule has 0 bridgehead atoms. The van der Waals surface area contributed by atoms with Gasteiger partial charge in [0.05, 0.1) is 11.0 Å². The van der Waals surface area contributed by atoms with Crippen LogP contribution in [-0.2, 0) is 4.79 Å². The number of nitrogens with zero attached hydrogens (tertiary/aromatic N) is 2. The molecule has 1 aliphatic heterocycles. The Morgan fingerprint density at radius 3 is 2.68 bits per heavy atom. The van der Waals surface area contributed by atoms with Crippen molar-refractivity contribution in [2.45, 2.75) is 56.8 Å². The predicted octanol–water partition coefficient (Wildman–Crippen LogP) is 3.84. The number of fused-ring (bicyclic) bond motifs is 3. The topological polar surface area (TPSA) is 76.0 Å². The van der Waals surface area contributed by atoms with Crippen LogP contribution in [-0.4, -0.2) is 33.2 Å². The molecule has 0 radical (unpaired) electrons. The molecule has 1 aromatic carbocycles. The first kappa shape index (κ1) is 18.8. The largest absolute Gasteiger partial charge is 0.440 e. The summed E-state index contributed by atoms with van der Waals surface area (Å²) in [6.45, 7) is 0. The van der Waals surface area contributed by atoms with Gasteiger partial charge in [-0.25, -0.2) is 9.55 Å². The number of para-hydroxylation sites is 2. The van der Waals surface area contributed by atoms with E-state index in [9.17, 15) is 22.8 Å². The molecule has 150 valence electrons. The third kappa shape index (κ3) is 3.02. The van der Waals surface area contributed by atoms with Crippen LogP contribution in [0.15, 0.2) is 24.3 Å². The number of nitrogens with one attached hydrogen (secondary N) is 2. The minimum absolute atomic E-state index is 0.0412. The molecule has 2 aliphatic rings. The monoisotopic (exact) mass is 394 g/mol. The zero-order chi connectivity index (χ0) is 19.9. The van der Waals surface area contributed by atoms with Gasteiger partial charge >= 0.3 is 6.18 Å². The smallest absolute Gasteiger partial charge is 0.318 e. The molecule has 9 heteroatoms. The normalized spacial score (nSPS) is 22.9. The van der Waals surface area contributed by atoms with Gasteiger partial charge in [0, 0.05) is 6.42 Å². The summed E-state index contributed by atoms with van der Waals surface area (Å²) in [5.41, 5.74) is -2.53. The fourth-order valence-corrected chi connectivity index (χ4v) is 4.13. The average molecular weight is 394 g/mol. The summed E-state index contributed by atoms with van der Waals surface area (Å²) >= 11 is 0. The zero-order valence-corrected chi connectivity index (χ0v) is 15.2. The Labute approximate surface area is 159 Å². The maximum absolute atomic E-state index is 13.9. The van der Waals surface area contributed by atoms with E-state index in [4.69, 9.17) is 0 Å². The highest BCUT2D eigenvalue weighted by Gasteiger charge is 2.66. The highest BCUT2D eigenvalue weighted by molar-refractivity contribution is 6.06. The lowest BCUT2D eigenvalue weighted by molar-refractivity contribution is -0.176. The number of carbonyl (C=O) groups is 2. The third-order valence-electron chi connectivity index (χ3n) is 5.64. The lowest BCUT2D eigenvalue weighted by Gasteiger charge is -2.31. The fraction of sp³-hybridized carbons (Fsp3) is 0.526. The molecule has 1 amide bonds. The number of carbonyl (C=O) groups excluding carboxylic acids is 2. The molecule has 2 N–H and O–H groups in total. The molecule has 2 heterocycles. The Balaban J connectivity index is 1.56. The van der Waals surface area contributed by atoms with Crippen LogP contribution in [0, 0.1) is 5.92 Å². The van der Waals surface area contributed by atoms with Gasteiger partial charge in [0.25, 0.3) is 11.6 Å². The van der Waals surface area contributed by atoms with Crippen LogP contribution in [0.1, 0.15) is 49.7 Å². The highest BCUT2D eigenvalue weighted by atomic mass is 19.4. The number of hydrogen-bond donors (Lipinski definition) is 2. The summed E-state index contributed by atoms with van der Waals surface area (Å²) in [7, 11) is 0. The van der Waals surface area contributed by atoms with Crippen molar-refractivity contribution in [3.63, 3.8) is 0 Å². The van der Waals surface area contributed by atoms with Crippen LogP contribution in [0.25, 0.3) is 11.0 Å². The average Bonchev–Trinajstić information content (AvgIpc) is 3.15. The van der Waals surface area contributed by atoms with Crippen LogP contribution < -0.4 is 10.6 Å². The Hall–Kier alpha value is -2.58. The number of alkyl halides is 3. The maximum Gasteiger partial charge on any atom is 0.440 e. The van der Waals surface area contributed by atoms with E-state index in [1.807, 2.05) is 5.32 Å². The molecule has 0 unspecified atom stereocenters. The Morgan fingerprint density at radius 1 is 1.25 bits per heavy atom. The summed E-state index contributed by atoms with van der Waals surface area (Å²) < 4.78 is 42.7. The minimum atomic E-state index is -5.02. The van der Waals surface area contributed by atoms with Crippen molar-refractivity contribution in [2.24, 2.45) is 5.92 Å². The first-order valence-electron chi connectivity index (χ1n) is 9.50. The number of aromatic nitrogens is 2. The van der Waals surface area contributed by atoms with Crippen molar-refractivity contribution < 1.29 is 22.8 Å². The second-order valence-corrected chi connectivity index (χ2v) is 7.53. The first-order valence-corrected chi connectivity index (χ1v) is 9.50. The maximum atomic E-state index is 13.9. The number of rotatable bonds is 4. The van der Waals surface area contributed by atoms with E-state index in [1.165, 1.54) is 6.07 Å². The van der Waals surface area contributed by atoms with Gasteiger partial charge in [-0.2, -0.15) is 13.2 Å². The van der Waals surface area contributed by atoms with Crippen molar-refractivity contribution in [1.29, 1.82) is 0 Å². The van der Waals surface area contributed by atoms with Gasteiger partial charge in [-0.3, -0.25) is 9.59 Å². The van der Waals surface area contributed by atoms with Crippen molar-refractivity contribution in [3.8, 4) is 0 Å². The molecule has 1 atom stereocenters. The molecule has 1 aromatic heterocycles. The van der Waals surface area contributed by atoms with Crippen LogP contribution in [0.3, 0.4) is 0 Å². The third-order valence-corrected chi connectivity index (χ3v) is 5.64. The first-order chi connectivity index (χ1) is 13.3. The highest BCUT2D eigenvalue weighted by Crippen LogP contribution is 2.39. The van der Waals surface area contributed by atoms with E-state index >= 15 is 0 Å². The van der Waals surface area contributed by atoms with Crippen LogP contribution in [0.5, 0.6) is 0 Å². The lowest BCUT2D eigenvalue weighted by atomic mass is 9.86. The fourth-order valence-electron chi connectivity index (χ4n) is 4.13. The summed E-state index contributed by atoms with van der Waals surface area (Å²) in [4.78, 5) is 29.2. The van der Waals surface area contributed by atoms with Gasteiger partial charge in [0.15, 0.2) is 0 Å². The summed E-state index contributed by atoms with van der Waals surface area (Å²) in [5.74, 6) is -1.96. The van der Waals surface area contributed by atoms with E-state index < -0.39 is 23.7 Å². The standard InChI is InChI=1S/C19H21F3N4O2/c20-19(21,22)18(24-15(27)11-10-12-6-2-1-3-7-12)16(28)26-14-9-5-4-8-13(14)23-17(26)25-18/h4-5,8-9,12H,1-3,6-7,10-11H2,(H,23,25)(H,24,27)/t18-/m1/s1. The predicted molar refractivity (Wildman–Crippen MR) is 96.7 cm³/mol. The molecular formula is C19H21F3N4O2. The molecule has 2 aromatic rings. The molecule has 0 spiro atoms. The second kappa shape index (κ2) is 6.79. The van der Waals surface area contributed by atoms with E-state index in [2.05, 4.69) is 10.3 Å². The van der Waals surface area contributed by atoms with E-state index in [0.717, 1.165) is 36.7 Å². The number of hydrogen-bond acceptors (Lipinski definition) is 4. The van der Waals surface area contributed by atoms with E-state index in [1.54, 1.807) is 18.2 Å². The van der Waals surface area contributed by atoms with Crippen LogP contribution in [0.2, 0.25) is 0 Å². The lowest BCUT2D eigenvalue weighted by Crippen LogP contribution is -2.67. The molecule has 1 aliphatic carbocycles. The van der Waals surface area contributed by atoms with Crippen molar-refractivity contribution in [1.82, 2.24) is 14.9 Å². The summed E-state index contributed by atoms with van der Waals surface area (Å²) in [5, 5.41) is 4.08. The summed E-state index contributed by atoms with van der Waals surface area (Å²) in [6.07, 6.45) is 0.804. The molecule has 4 rings (SSSR count). The van der Waals surface area contributed by atoms with Crippen molar-refractivity contribution in [3.05, 3.63) is 24.3 Å². The molecule has 6 nitrogen and oxygen atoms in total. The number of imidazole rings is 1.